The van der Waals surface area contributed by atoms with Crippen LogP contribution in [-0.2, 0) is 26.6 Å². The van der Waals surface area contributed by atoms with Gasteiger partial charge >= 0.3 is 6.18 Å². The van der Waals surface area contributed by atoms with Crippen molar-refractivity contribution < 1.29 is 31.5 Å². The summed E-state index contributed by atoms with van der Waals surface area (Å²) in [4.78, 5) is 12.2. The Kier molecular flexibility index (Phi) is 6.42. The van der Waals surface area contributed by atoms with Gasteiger partial charge in [-0.25, -0.2) is 8.42 Å². The summed E-state index contributed by atoms with van der Waals surface area (Å²) < 4.78 is 62.4. The van der Waals surface area contributed by atoms with Crippen molar-refractivity contribution >= 4 is 33.0 Å². The van der Waals surface area contributed by atoms with Crippen LogP contribution in [0.25, 0.3) is 0 Å². The molecule has 2 aromatic rings. The summed E-state index contributed by atoms with van der Waals surface area (Å²) in [6.07, 6.45) is -4.53. The molecule has 0 aliphatic rings. The maximum absolute atomic E-state index is 12.6. The molecule has 0 fully saturated rings. The predicted molar refractivity (Wildman–Crippen MR) is 99.6 cm³/mol. The Labute approximate surface area is 165 Å². The molecule has 0 radical (unpaired) electrons. The van der Waals surface area contributed by atoms with Crippen LogP contribution in [-0.4, -0.2) is 30.8 Å². The predicted octanol–water partition coefficient (Wildman–Crippen LogP) is 3.66. The van der Waals surface area contributed by atoms with Crippen LogP contribution in [0.5, 0.6) is 0 Å². The monoisotopic (exact) mass is 435 g/mol. The molecule has 0 aliphatic heterocycles. The summed E-state index contributed by atoms with van der Waals surface area (Å²) in [6, 6.07) is 9.80. The first-order valence-corrected chi connectivity index (χ1v) is 10.1. The Morgan fingerprint density at radius 1 is 1.11 bits per heavy atom. The summed E-state index contributed by atoms with van der Waals surface area (Å²) >= 11 is 5.93. The van der Waals surface area contributed by atoms with Gasteiger partial charge in [0.05, 0.1) is 17.1 Å². The fraction of sp³-hybridized carbons (Fsp3) is 0.278. The van der Waals surface area contributed by atoms with E-state index in [9.17, 15) is 31.5 Å². The Morgan fingerprint density at radius 2 is 1.68 bits per heavy atom. The molecule has 152 valence electrons. The highest BCUT2D eigenvalue weighted by Gasteiger charge is 2.36. The van der Waals surface area contributed by atoms with Crippen molar-refractivity contribution in [3.8, 4) is 0 Å². The first-order chi connectivity index (χ1) is 12.8. The molecule has 2 aromatic carbocycles. The van der Waals surface area contributed by atoms with Crippen molar-refractivity contribution in [2.45, 2.75) is 24.5 Å². The van der Waals surface area contributed by atoms with Crippen molar-refractivity contribution in [3.05, 3.63) is 64.7 Å². The second-order valence-electron chi connectivity index (χ2n) is 6.43. The number of benzene rings is 2. The van der Waals surface area contributed by atoms with Crippen LogP contribution >= 0.6 is 11.6 Å². The van der Waals surface area contributed by atoms with E-state index in [4.69, 9.17) is 11.6 Å². The average molecular weight is 436 g/mol. The first-order valence-electron chi connectivity index (χ1n) is 7.95. The Bertz CT molecular complexity index is 958. The minimum atomic E-state index is -4.53. The molecule has 0 aliphatic carbocycles. The molecule has 1 atom stereocenters. The number of carbonyl (C=O) groups excluding carboxylic acids is 1. The Hall–Kier alpha value is -2.10. The Balaban J connectivity index is 2.08. The molecule has 28 heavy (non-hydrogen) atoms. The van der Waals surface area contributed by atoms with E-state index in [1.165, 1.54) is 12.1 Å². The quantitative estimate of drug-likeness (QED) is 0.725. The number of rotatable bonds is 6. The fourth-order valence-electron chi connectivity index (χ4n) is 2.41. The van der Waals surface area contributed by atoms with Gasteiger partial charge in [-0.2, -0.15) is 13.2 Å². The zero-order chi connectivity index (χ0) is 21.2. The number of alkyl halides is 3. The molecule has 0 saturated heterocycles. The second kappa shape index (κ2) is 8.10. The van der Waals surface area contributed by atoms with Gasteiger partial charge in [0.25, 0.3) is 5.91 Å². The summed E-state index contributed by atoms with van der Waals surface area (Å²) in [7, 11) is -3.92. The van der Waals surface area contributed by atoms with Crippen LogP contribution in [0, 0.1) is 0 Å². The highest BCUT2D eigenvalue weighted by Crippen LogP contribution is 2.30. The molecule has 0 saturated carbocycles. The molecule has 0 heterocycles. The standard InChI is InChI=1S/C18H17ClF3NO4S/c1-17(25,11-28(26,27)10-12-4-2-3-5-15(12)19)16(24)23-14-8-6-13(7-9-14)18(20,21)22/h2-9,25H,10-11H2,1H3,(H,23,24)/t17-/m1/s1. The minimum absolute atomic E-state index is 0.0122. The first kappa shape index (κ1) is 22.2. The molecular formula is C18H17ClF3NO4S. The average Bonchev–Trinajstić information content (AvgIpc) is 2.55. The normalized spacial score (nSPS) is 14.4. The maximum Gasteiger partial charge on any atom is 0.416 e. The van der Waals surface area contributed by atoms with Gasteiger partial charge in [0.15, 0.2) is 15.4 Å². The van der Waals surface area contributed by atoms with E-state index < -0.39 is 44.6 Å². The smallest absolute Gasteiger partial charge is 0.379 e. The summed E-state index contributed by atoms with van der Waals surface area (Å²) in [5.74, 6) is -2.43. The zero-order valence-corrected chi connectivity index (χ0v) is 16.2. The van der Waals surface area contributed by atoms with Gasteiger partial charge in [-0.15, -0.1) is 0 Å². The molecule has 1 amide bonds. The van der Waals surface area contributed by atoms with Crippen molar-refractivity contribution in [2.75, 3.05) is 11.1 Å². The number of halogens is 4. The SMILES string of the molecule is C[C@@](O)(CS(=O)(=O)Cc1ccccc1Cl)C(=O)Nc1ccc(C(F)(F)F)cc1. The number of carbonyl (C=O) groups is 1. The number of hydrogen-bond acceptors (Lipinski definition) is 4. The lowest BCUT2D eigenvalue weighted by Crippen LogP contribution is -2.46. The maximum atomic E-state index is 12.6. The molecule has 2 N–H and O–H groups in total. The van der Waals surface area contributed by atoms with Gasteiger partial charge in [-0.05, 0) is 42.8 Å². The van der Waals surface area contributed by atoms with Gasteiger partial charge in [-0.1, -0.05) is 29.8 Å². The largest absolute Gasteiger partial charge is 0.416 e. The van der Waals surface area contributed by atoms with Gasteiger partial charge < -0.3 is 10.4 Å². The van der Waals surface area contributed by atoms with Gasteiger partial charge in [0.1, 0.15) is 0 Å². The fourth-order valence-corrected chi connectivity index (χ4v) is 4.50. The van der Waals surface area contributed by atoms with Crippen LogP contribution in [0.2, 0.25) is 5.02 Å². The third-order valence-corrected chi connectivity index (χ3v) is 5.91. The van der Waals surface area contributed by atoms with Crippen molar-refractivity contribution in [2.24, 2.45) is 0 Å². The van der Waals surface area contributed by atoms with Crippen molar-refractivity contribution in [1.29, 1.82) is 0 Å². The van der Waals surface area contributed by atoms with E-state index in [-0.39, 0.29) is 10.7 Å². The number of nitrogens with one attached hydrogen (secondary N) is 1. The lowest BCUT2D eigenvalue weighted by molar-refractivity contribution is -0.137. The van der Waals surface area contributed by atoms with E-state index in [1.807, 2.05) is 0 Å². The van der Waals surface area contributed by atoms with Crippen molar-refractivity contribution in [3.63, 3.8) is 0 Å². The van der Waals surface area contributed by atoms with Gasteiger partial charge in [0.2, 0.25) is 0 Å². The number of amides is 1. The third-order valence-electron chi connectivity index (χ3n) is 3.79. The third kappa shape index (κ3) is 5.95. The van der Waals surface area contributed by atoms with E-state index in [0.29, 0.717) is 5.56 Å². The minimum Gasteiger partial charge on any atom is -0.379 e. The van der Waals surface area contributed by atoms with E-state index in [1.54, 1.807) is 12.1 Å². The van der Waals surface area contributed by atoms with Crippen molar-refractivity contribution in [1.82, 2.24) is 0 Å². The lowest BCUT2D eigenvalue weighted by Gasteiger charge is -2.22. The lowest BCUT2D eigenvalue weighted by atomic mass is 10.1. The molecule has 10 heteroatoms. The van der Waals surface area contributed by atoms with E-state index in [2.05, 4.69) is 5.32 Å². The molecule has 0 spiro atoms. The topological polar surface area (TPSA) is 83.5 Å². The number of anilines is 1. The van der Waals surface area contributed by atoms with Crippen LogP contribution in [0.15, 0.2) is 48.5 Å². The summed E-state index contributed by atoms with van der Waals surface area (Å²) in [5.41, 5.74) is -2.90. The van der Waals surface area contributed by atoms with E-state index in [0.717, 1.165) is 31.2 Å². The number of hydrogen-bond donors (Lipinski definition) is 2. The molecule has 0 unspecified atom stereocenters. The highest BCUT2D eigenvalue weighted by atomic mass is 35.5. The molecule has 5 nitrogen and oxygen atoms in total. The van der Waals surface area contributed by atoms with Crippen LogP contribution in [0.3, 0.4) is 0 Å². The van der Waals surface area contributed by atoms with Gasteiger partial charge in [0, 0.05) is 10.7 Å². The summed E-state index contributed by atoms with van der Waals surface area (Å²) in [6.45, 7) is 1.01. The summed E-state index contributed by atoms with van der Waals surface area (Å²) in [5, 5.41) is 12.8. The van der Waals surface area contributed by atoms with Crippen LogP contribution in [0.4, 0.5) is 18.9 Å². The molecular weight excluding hydrogens is 419 g/mol. The highest BCUT2D eigenvalue weighted by molar-refractivity contribution is 7.90. The molecule has 0 aromatic heterocycles. The van der Waals surface area contributed by atoms with Crippen LogP contribution in [0.1, 0.15) is 18.1 Å². The molecule has 0 bridgehead atoms. The Morgan fingerprint density at radius 3 is 2.21 bits per heavy atom. The number of aliphatic hydroxyl groups is 1. The zero-order valence-electron chi connectivity index (χ0n) is 14.6. The second-order valence-corrected chi connectivity index (χ2v) is 8.90. The van der Waals surface area contributed by atoms with E-state index >= 15 is 0 Å². The van der Waals surface area contributed by atoms with Crippen LogP contribution < -0.4 is 5.32 Å². The number of sulfone groups is 1. The molecule has 2 rings (SSSR count). The van der Waals surface area contributed by atoms with Gasteiger partial charge in [-0.3, -0.25) is 4.79 Å².